The second-order valence-electron chi connectivity index (χ2n) is 10.2. The van der Waals surface area contributed by atoms with Crippen molar-refractivity contribution in [2.75, 3.05) is 45.2 Å². The van der Waals surface area contributed by atoms with Crippen LogP contribution in [0.25, 0.3) is 0 Å². The van der Waals surface area contributed by atoms with Gasteiger partial charge in [0.2, 0.25) is 0 Å². The van der Waals surface area contributed by atoms with Crippen molar-refractivity contribution >= 4 is 29.0 Å². The topological polar surface area (TPSA) is 73.9 Å². The van der Waals surface area contributed by atoms with Gasteiger partial charge in [0.1, 0.15) is 17.2 Å². The number of carbonyl (C=O) groups is 2. The summed E-state index contributed by atoms with van der Waals surface area (Å²) in [5.74, 6) is 0.546. The first-order chi connectivity index (χ1) is 18.6. The van der Waals surface area contributed by atoms with E-state index in [4.69, 9.17) is 14.2 Å². The van der Waals surface area contributed by atoms with Gasteiger partial charge in [-0.05, 0) is 29.1 Å². The van der Waals surface area contributed by atoms with E-state index < -0.39 is 12.0 Å². The lowest BCUT2D eigenvalue weighted by Gasteiger charge is -2.52. The van der Waals surface area contributed by atoms with Crippen molar-refractivity contribution in [3.8, 4) is 5.75 Å². The third kappa shape index (κ3) is 6.03. The highest BCUT2D eigenvalue weighted by Crippen LogP contribution is 2.37. The number of nitrogens with one attached hydrogen (secondary N) is 1. The Hall–Kier alpha value is -3.36. The number of hydrogen-bond acceptors (Lipinski definition) is 7. The van der Waals surface area contributed by atoms with Crippen molar-refractivity contribution in [2.24, 2.45) is 5.92 Å². The van der Waals surface area contributed by atoms with Gasteiger partial charge in [0.05, 0.1) is 39.0 Å². The Labute approximate surface area is 227 Å². The number of nitrogens with zero attached hydrogens (tertiary/aromatic N) is 1. The minimum Gasteiger partial charge on any atom is -0.493 e. The Morgan fingerprint density at radius 3 is 2.45 bits per heavy atom. The Balaban J connectivity index is 1.24. The SMILES string of the molecule is COC(=O)c1sccc1NC(C(=O)O[C@H]1C[N+]2(CCCOc3ccccc3)CCC1CC2)c1ccccc1. The Kier molecular flexibility index (Phi) is 8.29. The van der Waals surface area contributed by atoms with Crippen LogP contribution in [0, 0.1) is 5.92 Å². The molecule has 0 spiro atoms. The summed E-state index contributed by atoms with van der Waals surface area (Å²) in [6, 6.07) is 20.5. The van der Waals surface area contributed by atoms with Gasteiger partial charge in [-0.3, -0.25) is 0 Å². The van der Waals surface area contributed by atoms with E-state index in [-0.39, 0.29) is 12.1 Å². The second kappa shape index (κ2) is 12.0. The molecule has 2 atom stereocenters. The summed E-state index contributed by atoms with van der Waals surface area (Å²) in [5.41, 5.74) is 1.37. The molecular weight excluding hydrogens is 500 g/mol. The molecule has 38 heavy (non-hydrogen) atoms. The molecule has 0 radical (unpaired) electrons. The van der Waals surface area contributed by atoms with E-state index in [0.29, 0.717) is 23.1 Å². The maximum atomic E-state index is 13.7. The molecule has 0 saturated carbocycles. The molecule has 3 fully saturated rings. The number of quaternary nitrogens is 1. The highest BCUT2D eigenvalue weighted by molar-refractivity contribution is 7.12. The van der Waals surface area contributed by atoms with Crippen LogP contribution < -0.4 is 10.1 Å². The zero-order valence-electron chi connectivity index (χ0n) is 21.7. The number of hydrogen-bond donors (Lipinski definition) is 1. The van der Waals surface area contributed by atoms with Crippen molar-refractivity contribution in [3.63, 3.8) is 0 Å². The highest BCUT2D eigenvalue weighted by atomic mass is 32.1. The van der Waals surface area contributed by atoms with Crippen LogP contribution in [0.4, 0.5) is 5.69 Å². The first-order valence-electron chi connectivity index (χ1n) is 13.3. The van der Waals surface area contributed by atoms with E-state index in [9.17, 15) is 9.59 Å². The maximum Gasteiger partial charge on any atom is 0.350 e. The number of para-hydroxylation sites is 1. The summed E-state index contributed by atoms with van der Waals surface area (Å²) in [6.07, 6.45) is 2.98. The standard InChI is InChI=1S/C30H34N2O5S/c1-35-30(34)28-25(15-20-38-28)31-27(23-9-4-2-5-10-23)29(33)37-26-21-32(17-13-22(26)14-18-32)16-8-19-36-24-11-6-3-7-12-24/h2-7,9-12,15,20,22,26-27H,8,13-14,16-19,21H2,1H3/p+1/t22?,26-,27?,32?/m0/s1. The molecule has 1 N–H and O–H groups in total. The van der Waals surface area contributed by atoms with Gasteiger partial charge in [-0.2, -0.15) is 0 Å². The van der Waals surface area contributed by atoms with Crippen LogP contribution in [0.3, 0.4) is 0 Å². The van der Waals surface area contributed by atoms with Crippen molar-refractivity contribution < 1.29 is 28.3 Å². The molecule has 2 aromatic carbocycles. The monoisotopic (exact) mass is 535 g/mol. The zero-order valence-corrected chi connectivity index (χ0v) is 22.5. The molecular formula is C30H35N2O5S+. The van der Waals surface area contributed by atoms with Crippen LogP contribution in [0.5, 0.6) is 5.75 Å². The molecule has 3 saturated heterocycles. The first kappa shape index (κ1) is 26.3. The molecule has 0 amide bonds. The van der Waals surface area contributed by atoms with Crippen LogP contribution in [0.15, 0.2) is 72.1 Å². The fourth-order valence-electron chi connectivity index (χ4n) is 5.75. The predicted molar refractivity (Wildman–Crippen MR) is 147 cm³/mol. The van der Waals surface area contributed by atoms with E-state index in [0.717, 1.165) is 61.2 Å². The van der Waals surface area contributed by atoms with Crippen molar-refractivity contribution in [3.05, 3.63) is 82.6 Å². The predicted octanol–water partition coefficient (Wildman–Crippen LogP) is 5.31. The van der Waals surface area contributed by atoms with Crippen molar-refractivity contribution in [1.82, 2.24) is 0 Å². The van der Waals surface area contributed by atoms with Crippen LogP contribution >= 0.6 is 11.3 Å². The smallest absolute Gasteiger partial charge is 0.350 e. The molecule has 3 aliphatic rings. The number of esters is 2. The van der Waals surface area contributed by atoms with E-state index in [2.05, 4.69) is 5.32 Å². The molecule has 3 aromatic rings. The number of carbonyl (C=O) groups excluding carboxylic acids is 2. The molecule has 200 valence electrons. The van der Waals surface area contributed by atoms with Crippen LogP contribution in [-0.4, -0.2) is 62.4 Å². The molecule has 3 aliphatic heterocycles. The lowest BCUT2D eigenvalue weighted by Crippen LogP contribution is -2.64. The van der Waals surface area contributed by atoms with Gasteiger partial charge >= 0.3 is 11.9 Å². The number of fused-ring (bicyclic) bond motifs is 3. The minimum atomic E-state index is -0.725. The summed E-state index contributed by atoms with van der Waals surface area (Å²) in [4.78, 5) is 26.3. The number of methoxy groups -OCH3 is 1. The van der Waals surface area contributed by atoms with Gasteiger partial charge in [0.25, 0.3) is 0 Å². The molecule has 6 rings (SSSR count). The molecule has 8 heteroatoms. The van der Waals surface area contributed by atoms with Crippen LogP contribution in [0.2, 0.25) is 0 Å². The average Bonchev–Trinajstić information content (AvgIpc) is 3.43. The number of anilines is 1. The fraction of sp³-hybridized carbons (Fsp3) is 0.400. The fourth-order valence-corrected chi connectivity index (χ4v) is 6.52. The molecule has 1 unspecified atom stereocenters. The summed E-state index contributed by atoms with van der Waals surface area (Å²) >= 11 is 1.28. The van der Waals surface area contributed by atoms with Gasteiger partial charge in [-0.25, -0.2) is 9.59 Å². The summed E-state index contributed by atoms with van der Waals surface area (Å²) in [5, 5.41) is 5.08. The molecule has 4 heterocycles. The normalized spacial score (nSPS) is 22.9. The quantitative estimate of drug-likeness (QED) is 0.204. The van der Waals surface area contributed by atoms with Gasteiger partial charge in [0.15, 0.2) is 12.1 Å². The third-order valence-corrected chi connectivity index (χ3v) is 8.70. The second-order valence-corrected chi connectivity index (χ2v) is 11.1. The maximum absolute atomic E-state index is 13.7. The van der Waals surface area contributed by atoms with E-state index >= 15 is 0 Å². The summed E-state index contributed by atoms with van der Waals surface area (Å²) in [6.45, 7) is 4.80. The van der Waals surface area contributed by atoms with E-state index in [1.807, 2.05) is 66.0 Å². The molecule has 1 aromatic heterocycles. The number of rotatable bonds is 11. The van der Waals surface area contributed by atoms with E-state index in [1.54, 1.807) is 6.07 Å². The number of ether oxygens (including phenoxy) is 3. The van der Waals surface area contributed by atoms with Crippen LogP contribution in [0.1, 0.15) is 40.5 Å². The third-order valence-electron chi connectivity index (χ3n) is 7.80. The largest absolute Gasteiger partial charge is 0.493 e. The van der Waals surface area contributed by atoms with Gasteiger partial charge in [0, 0.05) is 25.2 Å². The van der Waals surface area contributed by atoms with E-state index in [1.165, 1.54) is 18.4 Å². The number of benzene rings is 2. The lowest BCUT2D eigenvalue weighted by atomic mass is 9.83. The average molecular weight is 536 g/mol. The lowest BCUT2D eigenvalue weighted by molar-refractivity contribution is -0.946. The Morgan fingerprint density at radius 1 is 1.03 bits per heavy atom. The van der Waals surface area contributed by atoms with Crippen molar-refractivity contribution in [1.29, 1.82) is 0 Å². The number of thiophene rings is 1. The molecule has 7 nitrogen and oxygen atoms in total. The van der Waals surface area contributed by atoms with Gasteiger partial charge in [-0.15, -0.1) is 11.3 Å². The van der Waals surface area contributed by atoms with Gasteiger partial charge in [-0.1, -0.05) is 48.5 Å². The Morgan fingerprint density at radius 2 is 1.74 bits per heavy atom. The zero-order chi connectivity index (χ0) is 26.4. The van der Waals surface area contributed by atoms with Gasteiger partial charge < -0.3 is 24.0 Å². The Bertz CT molecular complexity index is 1210. The minimum absolute atomic E-state index is 0.115. The first-order valence-corrected chi connectivity index (χ1v) is 14.2. The van der Waals surface area contributed by atoms with Crippen molar-refractivity contribution in [2.45, 2.75) is 31.4 Å². The summed E-state index contributed by atoms with van der Waals surface area (Å²) in [7, 11) is 1.36. The highest BCUT2D eigenvalue weighted by Gasteiger charge is 2.47. The molecule has 2 bridgehead atoms. The summed E-state index contributed by atoms with van der Waals surface area (Å²) < 4.78 is 18.1. The van der Waals surface area contributed by atoms with Crippen LogP contribution in [-0.2, 0) is 14.3 Å². The molecule has 0 aliphatic carbocycles. The number of piperidine rings is 3.